The minimum absolute atomic E-state index is 0.134. The van der Waals surface area contributed by atoms with Gasteiger partial charge >= 0.3 is 12.2 Å². The zero-order valence-electron chi connectivity index (χ0n) is 14.7. The maximum atomic E-state index is 13.2. The molecule has 0 bridgehead atoms. The van der Waals surface area contributed by atoms with E-state index in [9.17, 15) is 22.4 Å². The van der Waals surface area contributed by atoms with Crippen LogP contribution in [-0.2, 0) is 24.4 Å². The van der Waals surface area contributed by atoms with Gasteiger partial charge in [-0.3, -0.25) is 0 Å². The molecule has 0 radical (unpaired) electrons. The van der Waals surface area contributed by atoms with Crippen LogP contribution in [0.15, 0.2) is 42.5 Å². The van der Waals surface area contributed by atoms with E-state index in [0.717, 1.165) is 11.1 Å². The van der Waals surface area contributed by atoms with Crippen molar-refractivity contribution in [2.75, 3.05) is 6.61 Å². The first-order valence-electron chi connectivity index (χ1n) is 8.22. The van der Waals surface area contributed by atoms with E-state index in [-0.39, 0.29) is 31.5 Å². The summed E-state index contributed by atoms with van der Waals surface area (Å²) in [6.45, 7) is 0.756. The molecule has 2 N–H and O–H groups in total. The zero-order chi connectivity index (χ0) is 19.9. The highest BCUT2D eigenvalue weighted by Gasteiger charge is 2.27. The van der Waals surface area contributed by atoms with E-state index in [1.165, 1.54) is 6.07 Å². The third kappa shape index (κ3) is 7.65. The highest BCUT2D eigenvalue weighted by atomic mass is 19.4. The molecule has 0 saturated heterocycles. The minimum Gasteiger partial charge on any atom is -0.367 e. The molecule has 146 valence electrons. The van der Waals surface area contributed by atoms with Gasteiger partial charge in [0.05, 0.1) is 6.61 Å². The average molecular weight is 384 g/mol. The van der Waals surface area contributed by atoms with Crippen molar-refractivity contribution in [3.8, 4) is 0 Å². The molecule has 0 aliphatic rings. The van der Waals surface area contributed by atoms with Gasteiger partial charge in [0.25, 0.3) is 0 Å². The third-order valence-corrected chi connectivity index (χ3v) is 3.69. The minimum atomic E-state index is -4.34. The van der Waals surface area contributed by atoms with Gasteiger partial charge in [0.1, 0.15) is 12.4 Å². The Morgan fingerprint density at radius 3 is 2.11 bits per heavy atom. The van der Waals surface area contributed by atoms with E-state index in [1.54, 1.807) is 43.3 Å². The van der Waals surface area contributed by atoms with E-state index in [2.05, 4.69) is 15.4 Å². The second-order valence-corrected chi connectivity index (χ2v) is 6.04. The maximum absolute atomic E-state index is 13.2. The summed E-state index contributed by atoms with van der Waals surface area (Å²) in [5.41, 5.74) is 2.70. The van der Waals surface area contributed by atoms with Crippen molar-refractivity contribution in [3.63, 3.8) is 0 Å². The van der Waals surface area contributed by atoms with E-state index < -0.39 is 12.8 Å². The molecule has 0 aliphatic heterocycles. The zero-order valence-corrected chi connectivity index (χ0v) is 14.7. The predicted octanol–water partition coefficient (Wildman–Crippen LogP) is 4.21. The molecule has 2 aromatic carbocycles. The molecule has 27 heavy (non-hydrogen) atoms. The van der Waals surface area contributed by atoms with Crippen molar-refractivity contribution >= 4 is 6.03 Å². The Kier molecular flexibility index (Phi) is 7.18. The van der Waals surface area contributed by atoms with E-state index in [0.29, 0.717) is 11.1 Å². The molecule has 0 spiro atoms. The third-order valence-electron chi connectivity index (χ3n) is 3.69. The standard InChI is InChI=1S/C19H20F4N2O2/c1-13-8-16(6-7-17(13)20)10-25-18(26)24-9-14-2-4-15(5-3-14)11-27-12-19(21,22)23/h2-8H,9-12H2,1H3,(H2,24,25,26). The highest BCUT2D eigenvalue weighted by Crippen LogP contribution is 2.16. The van der Waals surface area contributed by atoms with Crippen LogP contribution in [0, 0.1) is 12.7 Å². The number of carbonyl (C=O) groups is 1. The van der Waals surface area contributed by atoms with E-state index in [4.69, 9.17) is 0 Å². The first-order valence-corrected chi connectivity index (χ1v) is 8.22. The molecule has 0 atom stereocenters. The lowest BCUT2D eigenvalue weighted by Crippen LogP contribution is -2.34. The van der Waals surface area contributed by atoms with Crippen LogP contribution in [0.1, 0.15) is 22.3 Å². The molecule has 2 aromatic rings. The SMILES string of the molecule is Cc1cc(CNC(=O)NCc2ccc(COCC(F)(F)F)cc2)ccc1F. The van der Waals surface area contributed by atoms with Crippen LogP contribution in [0.2, 0.25) is 0 Å². The first kappa shape index (κ1) is 20.7. The van der Waals surface area contributed by atoms with Gasteiger partial charge in [0, 0.05) is 13.1 Å². The van der Waals surface area contributed by atoms with Crippen molar-refractivity contribution in [2.45, 2.75) is 32.8 Å². The molecule has 2 rings (SSSR count). The lowest BCUT2D eigenvalue weighted by molar-refractivity contribution is -0.176. The molecule has 0 heterocycles. The van der Waals surface area contributed by atoms with Crippen LogP contribution in [0.5, 0.6) is 0 Å². The van der Waals surface area contributed by atoms with Crippen LogP contribution >= 0.6 is 0 Å². The number of nitrogens with one attached hydrogen (secondary N) is 2. The number of aryl methyl sites for hydroxylation is 1. The van der Waals surface area contributed by atoms with Crippen molar-refractivity contribution < 1.29 is 27.1 Å². The van der Waals surface area contributed by atoms with Crippen LogP contribution < -0.4 is 10.6 Å². The summed E-state index contributed by atoms with van der Waals surface area (Å²) in [5, 5.41) is 5.34. The average Bonchev–Trinajstić information content (AvgIpc) is 2.61. The number of hydrogen-bond donors (Lipinski definition) is 2. The lowest BCUT2D eigenvalue weighted by atomic mass is 10.1. The molecule has 4 nitrogen and oxygen atoms in total. The number of urea groups is 1. The molecule has 0 aliphatic carbocycles. The van der Waals surface area contributed by atoms with Gasteiger partial charge in [-0.15, -0.1) is 0 Å². The number of amides is 2. The van der Waals surface area contributed by atoms with Gasteiger partial charge in [-0.25, -0.2) is 9.18 Å². The molecule has 8 heteroatoms. The second-order valence-electron chi connectivity index (χ2n) is 6.04. The second kappa shape index (κ2) is 9.36. The Morgan fingerprint density at radius 2 is 1.52 bits per heavy atom. The van der Waals surface area contributed by atoms with Crippen LogP contribution in [-0.4, -0.2) is 18.8 Å². The largest absolute Gasteiger partial charge is 0.411 e. The highest BCUT2D eigenvalue weighted by molar-refractivity contribution is 5.73. The summed E-state index contributed by atoms with van der Waals surface area (Å²) in [5.74, 6) is -0.296. The molecule has 0 saturated carbocycles. The first-order chi connectivity index (χ1) is 12.7. The molecular weight excluding hydrogens is 364 g/mol. The van der Waals surface area contributed by atoms with Gasteiger partial charge in [-0.05, 0) is 35.2 Å². The number of halogens is 4. The Labute approximate surface area is 154 Å². The maximum Gasteiger partial charge on any atom is 0.411 e. The summed E-state index contributed by atoms with van der Waals surface area (Å²) in [6.07, 6.45) is -4.34. The quantitative estimate of drug-likeness (QED) is 0.703. The van der Waals surface area contributed by atoms with Crippen LogP contribution in [0.25, 0.3) is 0 Å². The molecule has 0 fully saturated rings. The molecule has 0 aromatic heterocycles. The van der Waals surface area contributed by atoms with Gasteiger partial charge < -0.3 is 15.4 Å². The summed E-state index contributed by atoms with van der Waals surface area (Å²) >= 11 is 0. The Hall–Kier alpha value is -2.61. The number of rotatable bonds is 7. The smallest absolute Gasteiger partial charge is 0.367 e. The number of ether oxygens (including phenoxy) is 1. The number of carbonyl (C=O) groups excluding carboxylic acids is 1. The number of hydrogen-bond acceptors (Lipinski definition) is 2. The molecular formula is C19H20F4N2O2. The Morgan fingerprint density at radius 1 is 0.963 bits per heavy atom. The summed E-state index contributed by atoms with van der Waals surface area (Å²) in [4.78, 5) is 11.8. The topological polar surface area (TPSA) is 50.4 Å². The van der Waals surface area contributed by atoms with Gasteiger partial charge in [-0.2, -0.15) is 13.2 Å². The van der Waals surface area contributed by atoms with Gasteiger partial charge in [-0.1, -0.05) is 36.4 Å². The van der Waals surface area contributed by atoms with Crippen molar-refractivity contribution in [1.29, 1.82) is 0 Å². The summed E-state index contributed by atoms with van der Waals surface area (Å²) in [7, 11) is 0. The van der Waals surface area contributed by atoms with E-state index in [1.807, 2.05) is 0 Å². The normalized spacial score (nSPS) is 11.3. The van der Waals surface area contributed by atoms with Crippen molar-refractivity contribution in [2.24, 2.45) is 0 Å². The number of benzene rings is 2. The number of alkyl halides is 3. The Balaban J connectivity index is 1.72. The van der Waals surface area contributed by atoms with E-state index >= 15 is 0 Å². The monoisotopic (exact) mass is 384 g/mol. The fourth-order valence-electron chi connectivity index (χ4n) is 2.28. The van der Waals surface area contributed by atoms with Crippen molar-refractivity contribution in [1.82, 2.24) is 10.6 Å². The van der Waals surface area contributed by atoms with Crippen molar-refractivity contribution in [3.05, 3.63) is 70.5 Å². The summed E-state index contributed by atoms with van der Waals surface area (Å²) < 4.78 is 53.8. The van der Waals surface area contributed by atoms with Gasteiger partial charge in [0.15, 0.2) is 0 Å². The van der Waals surface area contributed by atoms with Crippen LogP contribution in [0.4, 0.5) is 22.4 Å². The van der Waals surface area contributed by atoms with Crippen LogP contribution in [0.3, 0.4) is 0 Å². The molecule has 0 unspecified atom stereocenters. The Bertz CT molecular complexity index is 761. The van der Waals surface area contributed by atoms with Gasteiger partial charge in [0.2, 0.25) is 0 Å². The molecule has 2 amide bonds. The fraction of sp³-hybridized carbons (Fsp3) is 0.316. The summed E-state index contributed by atoms with van der Waals surface area (Å²) in [6, 6.07) is 10.9. The predicted molar refractivity (Wildman–Crippen MR) is 92.4 cm³/mol. The fourth-order valence-corrected chi connectivity index (χ4v) is 2.28. The lowest BCUT2D eigenvalue weighted by Gasteiger charge is -2.10.